The summed E-state index contributed by atoms with van der Waals surface area (Å²) in [6, 6.07) is 21.3. The van der Waals surface area contributed by atoms with Crippen molar-refractivity contribution in [2.45, 2.75) is 22.8 Å². The second-order valence-corrected chi connectivity index (χ2v) is 12.5. The van der Waals surface area contributed by atoms with E-state index < -0.39 is 19.8 Å². The van der Waals surface area contributed by atoms with E-state index >= 15 is 0 Å². The maximum atomic E-state index is 12.6. The van der Waals surface area contributed by atoms with E-state index in [1.807, 2.05) is 6.92 Å². The van der Waals surface area contributed by atoms with Crippen LogP contribution in [0.4, 0.5) is 23.1 Å². The highest BCUT2D eigenvalue weighted by Crippen LogP contribution is 2.30. The van der Waals surface area contributed by atoms with Crippen LogP contribution in [0.2, 0.25) is 0 Å². The van der Waals surface area contributed by atoms with E-state index in [0.29, 0.717) is 33.6 Å². The van der Waals surface area contributed by atoms with E-state index in [-0.39, 0.29) is 17.5 Å². The van der Waals surface area contributed by atoms with Crippen LogP contribution in [0, 0.1) is 4.78 Å². The molecule has 38 heavy (non-hydrogen) atoms. The zero-order valence-electron chi connectivity index (χ0n) is 20.8. The molecule has 0 saturated carbocycles. The molecule has 0 bridgehead atoms. The molecule has 0 aliphatic heterocycles. The smallest absolute Gasteiger partial charge is 0.261 e. The van der Waals surface area contributed by atoms with Gasteiger partial charge in [0.15, 0.2) is 0 Å². The zero-order valence-corrected chi connectivity index (χ0v) is 22.4. The first kappa shape index (κ1) is 27.0. The third-order valence-corrected chi connectivity index (χ3v) is 8.08. The second kappa shape index (κ2) is 11.2. The summed E-state index contributed by atoms with van der Waals surface area (Å²) in [5.41, 5.74) is 2.46. The van der Waals surface area contributed by atoms with Crippen molar-refractivity contribution in [3.63, 3.8) is 0 Å². The van der Waals surface area contributed by atoms with E-state index in [9.17, 15) is 17.7 Å². The maximum Gasteiger partial charge on any atom is 0.261 e. The summed E-state index contributed by atoms with van der Waals surface area (Å²) in [7, 11) is -6.52. The van der Waals surface area contributed by atoms with Crippen LogP contribution in [0.15, 0.2) is 94.9 Å². The lowest BCUT2D eigenvalue weighted by atomic mass is 10.1. The summed E-state index contributed by atoms with van der Waals surface area (Å²) in [5.74, 6) is 0.769. The van der Waals surface area contributed by atoms with Crippen molar-refractivity contribution in [1.29, 1.82) is 4.78 Å². The maximum absolute atomic E-state index is 12.6. The highest BCUT2D eigenvalue weighted by Gasteiger charge is 2.15. The van der Waals surface area contributed by atoms with Gasteiger partial charge in [-0.15, -0.1) is 0 Å². The van der Waals surface area contributed by atoms with Crippen LogP contribution in [0.25, 0.3) is 11.1 Å². The van der Waals surface area contributed by atoms with Crippen molar-refractivity contribution in [3.05, 3.63) is 85.1 Å². The highest BCUT2D eigenvalue weighted by molar-refractivity contribution is 7.92. The molecule has 0 amide bonds. The molecule has 0 saturated heterocycles. The second-order valence-electron chi connectivity index (χ2n) is 8.67. The van der Waals surface area contributed by atoms with Gasteiger partial charge in [-0.05, 0) is 61.0 Å². The van der Waals surface area contributed by atoms with E-state index in [2.05, 4.69) is 25.3 Å². The number of rotatable bonds is 10. The molecule has 0 aliphatic carbocycles. The van der Waals surface area contributed by atoms with Crippen LogP contribution in [0.3, 0.4) is 0 Å². The fourth-order valence-corrected chi connectivity index (χ4v) is 5.24. The molecule has 12 heteroatoms. The van der Waals surface area contributed by atoms with Crippen LogP contribution >= 0.6 is 0 Å². The number of aliphatic hydroxyl groups is 1. The van der Waals surface area contributed by atoms with Gasteiger partial charge in [0.25, 0.3) is 10.0 Å². The number of hydrogen-bond acceptors (Lipinski definition) is 9. The lowest BCUT2D eigenvalue weighted by Crippen LogP contribution is -2.21. The fraction of sp³-hybridized carbons (Fsp3) is 0.154. The van der Waals surface area contributed by atoms with Crippen LogP contribution in [-0.2, 0) is 19.8 Å². The van der Waals surface area contributed by atoms with Crippen LogP contribution in [-0.4, -0.2) is 46.6 Å². The van der Waals surface area contributed by atoms with Crippen molar-refractivity contribution in [2.24, 2.45) is 0 Å². The van der Waals surface area contributed by atoms with Gasteiger partial charge < -0.3 is 15.7 Å². The monoisotopic (exact) mass is 552 g/mol. The Morgan fingerprint density at radius 1 is 0.895 bits per heavy atom. The number of hydrogen-bond donors (Lipinski definition) is 5. The lowest BCUT2D eigenvalue weighted by Gasteiger charge is -2.17. The van der Waals surface area contributed by atoms with Gasteiger partial charge in [0.05, 0.1) is 21.2 Å². The molecule has 2 unspecified atom stereocenters. The molecule has 1 heterocycles. The average Bonchev–Trinajstić information content (AvgIpc) is 2.89. The summed E-state index contributed by atoms with van der Waals surface area (Å²) in [6.07, 6.45) is 2.99. The molecular formula is C26H28N6O4S2. The molecule has 5 N–H and O–H groups in total. The first-order chi connectivity index (χ1) is 18.0. The van der Waals surface area contributed by atoms with E-state index in [1.165, 1.54) is 18.4 Å². The molecule has 3 aromatic carbocycles. The molecule has 10 nitrogen and oxygen atoms in total. The van der Waals surface area contributed by atoms with Gasteiger partial charge in [0, 0.05) is 40.3 Å². The SMILES string of the molecule is CC(CO)Nc1nc(Nc2ccc(S(C)(=N)=O)cc2)ncc1-c1ccc(NS(=O)(=O)c2ccccc2)cc1. The van der Waals surface area contributed by atoms with Gasteiger partial charge in [-0.1, -0.05) is 30.3 Å². The molecule has 4 rings (SSSR count). The lowest BCUT2D eigenvalue weighted by molar-refractivity contribution is 0.281. The zero-order chi connectivity index (χ0) is 27.3. The first-order valence-electron chi connectivity index (χ1n) is 11.6. The number of nitrogens with zero attached hydrogens (tertiary/aromatic N) is 2. The molecule has 198 valence electrons. The number of aromatic nitrogens is 2. The Bertz CT molecular complexity index is 1610. The Morgan fingerprint density at radius 3 is 2.13 bits per heavy atom. The van der Waals surface area contributed by atoms with Gasteiger partial charge in [-0.25, -0.2) is 22.4 Å². The molecule has 1 aromatic heterocycles. The minimum Gasteiger partial charge on any atom is -0.394 e. The van der Waals surface area contributed by atoms with Crippen molar-refractivity contribution in [1.82, 2.24) is 9.97 Å². The minimum absolute atomic E-state index is 0.114. The highest BCUT2D eigenvalue weighted by atomic mass is 32.2. The predicted octanol–water partition coefficient (Wildman–Crippen LogP) is 4.52. The summed E-state index contributed by atoms with van der Waals surface area (Å²) in [5, 5.41) is 15.8. The van der Waals surface area contributed by atoms with E-state index in [1.54, 1.807) is 72.9 Å². The Balaban J connectivity index is 1.58. The van der Waals surface area contributed by atoms with Gasteiger partial charge in [-0.3, -0.25) is 4.72 Å². The first-order valence-corrected chi connectivity index (χ1v) is 15.0. The molecule has 0 radical (unpaired) electrons. The molecular weight excluding hydrogens is 524 g/mol. The Labute approximate surface area is 222 Å². The molecule has 0 fully saturated rings. The van der Waals surface area contributed by atoms with Crippen molar-refractivity contribution < 1.29 is 17.7 Å². The van der Waals surface area contributed by atoms with Gasteiger partial charge in [0.2, 0.25) is 5.95 Å². The normalized spacial score (nSPS) is 13.8. The third-order valence-electron chi connectivity index (χ3n) is 5.51. The number of benzene rings is 3. The molecule has 0 spiro atoms. The fourth-order valence-electron chi connectivity index (χ4n) is 3.50. The summed E-state index contributed by atoms with van der Waals surface area (Å²) in [4.78, 5) is 9.58. The van der Waals surface area contributed by atoms with Crippen molar-refractivity contribution in [3.8, 4) is 11.1 Å². The number of sulfonamides is 1. The van der Waals surface area contributed by atoms with Crippen molar-refractivity contribution in [2.75, 3.05) is 28.2 Å². The van der Waals surface area contributed by atoms with E-state index in [0.717, 1.165) is 5.56 Å². The van der Waals surface area contributed by atoms with E-state index in [4.69, 9.17) is 4.78 Å². The Morgan fingerprint density at radius 2 is 1.53 bits per heavy atom. The van der Waals surface area contributed by atoms with Crippen molar-refractivity contribution >= 4 is 42.9 Å². The Kier molecular flexibility index (Phi) is 7.95. The third kappa shape index (κ3) is 6.65. The van der Waals surface area contributed by atoms with Gasteiger partial charge in [-0.2, -0.15) is 4.98 Å². The molecule has 2 atom stereocenters. The number of anilines is 4. The largest absolute Gasteiger partial charge is 0.394 e. The quantitative estimate of drug-likeness (QED) is 0.192. The molecule has 0 aliphatic rings. The standard InChI is InChI=1S/C26H28N6O4S2/c1-18(17-33)29-25-24(16-28-26(31-25)30-20-12-14-22(15-13-20)37(2,27)34)19-8-10-21(11-9-19)32-38(35,36)23-6-4-3-5-7-23/h3-16,18,27,32-33H,17H2,1-2H3,(H2,28,29,30,31). The minimum atomic E-state index is -3.71. The van der Waals surface area contributed by atoms with Crippen LogP contribution in [0.5, 0.6) is 0 Å². The van der Waals surface area contributed by atoms with Gasteiger partial charge >= 0.3 is 0 Å². The summed E-state index contributed by atoms with van der Waals surface area (Å²) < 4.78 is 47.4. The molecule has 4 aromatic rings. The number of nitrogens with one attached hydrogen (secondary N) is 4. The topological polar surface area (TPSA) is 157 Å². The summed E-state index contributed by atoms with van der Waals surface area (Å²) >= 11 is 0. The number of aliphatic hydroxyl groups excluding tert-OH is 1. The van der Waals surface area contributed by atoms with Crippen LogP contribution in [0.1, 0.15) is 6.92 Å². The predicted molar refractivity (Wildman–Crippen MR) is 150 cm³/mol. The Hall–Kier alpha value is -4.00. The van der Waals surface area contributed by atoms with Gasteiger partial charge in [0.1, 0.15) is 5.82 Å². The summed E-state index contributed by atoms with van der Waals surface area (Å²) in [6.45, 7) is 1.69. The average molecular weight is 553 g/mol. The van der Waals surface area contributed by atoms with Crippen LogP contribution < -0.4 is 15.4 Å².